The van der Waals surface area contributed by atoms with Crippen LogP contribution >= 0.6 is 0 Å². The molecular formula is C10H14N2Si. The molecule has 0 aliphatic rings. The lowest BCUT2D eigenvalue weighted by atomic mass is 10.2. The van der Waals surface area contributed by atoms with Gasteiger partial charge in [0.15, 0.2) is 0 Å². The van der Waals surface area contributed by atoms with Crippen molar-refractivity contribution in [1.82, 2.24) is 0 Å². The molecule has 0 amide bonds. The topological polar surface area (TPSA) is 35.8 Å². The Kier molecular flexibility index (Phi) is 2.74. The molecule has 2 nitrogen and oxygen atoms in total. The van der Waals surface area contributed by atoms with Crippen LogP contribution in [-0.2, 0) is 0 Å². The molecular weight excluding hydrogens is 176 g/mol. The Labute approximate surface area is 80.3 Å². The zero-order valence-electron chi connectivity index (χ0n) is 8.26. The number of hydrogen-bond acceptors (Lipinski definition) is 2. The first-order valence-corrected chi connectivity index (χ1v) is 7.79. The number of nitriles is 1. The van der Waals surface area contributed by atoms with Crippen molar-refractivity contribution in [2.24, 2.45) is 0 Å². The van der Waals surface area contributed by atoms with Gasteiger partial charge >= 0.3 is 0 Å². The molecule has 1 aromatic rings. The summed E-state index contributed by atoms with van der Waals surface area (Å²) >= 11 is 0. The van der Waals surface area contributed by atoms with Gasteiger partial charge in [-0.3, -0.25) is 0 Å². The van der Waals surface area contributed by atoms with E-state index in [1.165, 1.54) is 0 Å². The molecule has 0 saturated carbocycles. The van der Waals surface area contributed by atoms with Crippen molar-refractivity contribution in [2.45, 2.75) is 19.6 Å². The van der Waals surface area contributed by atoms with E-state index in [2.05, 4.69) is 30.7 Å². The Balaban J connectivity index is 2.86. The first-order valence-electron chi connectivity index (χ1n) is 4.29. The van der Waals surface area contributed by atoms with Gasteiger partial charge in [-0.25, -0.2) is 0 Å². The Hall–Kier alpha value is -1.27. The molecule has 3 heteroatoms. The standard InChI is InChI=1S/C10H14N2Si/c1-13(2,3)12-10-6-4-5-9(7-10)8-11/h4-7,12H,1-3H3. The van der Waals surface area contributed by atoms with Crippen molar-refractivity contribution < 1.29 is 0 Å². The molecule has 68 valence electrons. The number of benzene rings is 1. The SMILES string of the molecule is C[Si](C)(C)Nc1cccc(C#N)c1. The number of nitrogens with one attached hydrogen (secondary N) is 1. The molecule has 0 unspecified atom stereocenters. The van der Waals surface area contributed by atoms with Crippen molar-refractivity contribution in [3.05, 3.63) is 29.8 Å². The minimum atomic E-state index is -1.29. The summed E-state index contributed by atoms with van der Waals surface area (Å²) in [7, 11) is -1.29. The lowest BCUT2D eigenvalue weighted by Crippen LogP contribution is -2.32. The smallest absolute Gasteiger partial charge is 0.144 e. The van der Waals surface area contributed by atoms with Gasteiger partial charge in [0.2, 0.25) is 0 Å². The van der Waals surface area contributed by atoms with Gasteiger partial charge in [-0.05, 0) is 18.2 Å². The van der Waals surface area contributed by atoms with E-state index in [9.17, 15) is 0 Å². The van der Waals surface area contributed by atoms with Crippen LogP contribution in [0.15, 0.2) is 24.3 Å². The summed E-state index contributed by atoms with van der Waals surface area (Å²) in [6.45, 7) is 6.68. The molecule has 0 fully saturated rings. The van der Waals surface area contributed by atoms with Gasteiger partial charge in [-0.15, -0.1) is 0 Å². The highest BCUT2D eigenvalue weighted by Gasteiger charge is 2.12. The number of anilines is 1. The van der Waals surface area contributed by atoms with E-state index < -0.39 is 8.24 Å². The van der Waals surface area contributed by atoms with Crippen LogP contribution in [0.25, 0.3) is 0 Å². The Morgan fingerprint density at radius 1 is 1.31 bits per heavy atom. The summed E-state index contributed by atoms with van der Waals surface area (Å²) in [5.74, 6) is 0. The summed E-state index contributed by atoms with van der Waals surface area (Å²) < 4.78 is 0. The van der Waals surface area contributed by atoms with Crippen LogP contribution in [-0.4, -0.2) is 8.24 Å². The van der Waals surface area contributed by atoms with Gasteiger partial charge in [-0.1, -0.05) is 25.7 Å². The Bertz CT molecular complexity index is 334. The average Bonchev–Trinajstić information content (AvgIpc) is 2.01. The van der Waals surface area contributed by atoms with Gasteiger partial charge in [0.05, 0.1) is 11.6 Å². The summed E-state index contributed by atoms with van der Waals surface area (Å²) in [6.07, 6.45) is 0. The second kappa shape index (κ2) is 3.63. The lowest BCUT2D eigenvalue weighted by molar-refractivity contribution is 1.48. The highest BCUT2D eigenvalue weighted by molar-refractivity contribution is 6.79. The van der Waals surface area contributed by atoms with E-state index in [0.717, 1.165) is 5.69 Å². The Morgan fingerprint density at radius 3 is 2.54 bits per heavy atom. The van der Waals surface area contributed by atoms with Gasteiger partial charge < -0.3 is 4.98 Å². The van der Waals surface area contributed by atoms with E-state index in [-0.39, 0.29) is 0 Å². The van der Waals surface area contributed by atoms with Crippen molar-refractivity contribution in [3.63, 3.8) is 0 Å². The highest BCUT2D eigenvalue weighted by atomic mass is 28.3. The molecule has 0 aliphatic carbocycles. The molecule has 1 rings (SSSR count). The van der Waals surface area contributed by atoms with Crippen LogP contribution in [0.1, 0.15) is 5.56 Å². The van der Waals surface area contributed by atoms with Gasteiger partial charge in [0, 0.05) is 5.69 Å². The van der Waals surface area contributed by atoms with Crippen molar-refractivity contribution in [3.8, 4) is 6.07 Å². The quantitative estimate of drug-likeness (QED) is 0.728. The van der Waals surface area contributed by atoms with Crippen molar-refractivity contribution in [1.29, 1.82) is 5.26 Å². The lowest BCUT2D eigenvalue weighted by Gasteiger charge is -2.19. The summed E-state index contributed by atoms with van der Waals surface area (Å²) in [5.41, 5.74) is 1.77. The molecule has 0 heterocycles. The Morgan fingerprint density at radius 2 is 2.00 bits per heavy atom. The zero-order valence-corrected chi connectivity index (χ0v) is 9.26. The number of nitrogens with zero attached hydrogens (tertiary/aromatic N) is 1. The second-order valence-corrected chi connectivity index (χ2v) is 8.82. The van der Waals surface area contributed by atoms with Gasteiger partial charge in [0.25, 0.3) is 0 Å². The monoisotopic (exact) mass is 190 g/mol. The largest absolute Gasteiger partial charge is 0.411 e. The minimum absolute atomic E-state index is 0.711. The van der Waals surface area contributed by atoms with Crippen molar-refractivity contribution >= 4 is 13.9 Å². The van der Waals surface area contributed by atoms with Crippen LogP contribution in [0.4, 0.5) is 5.69 Å². The number of rotatable bonds is 2. The average molecular weight is 190 g/mol. The fourth-order valence-corrected chi connectivity index (χ4v) is 2.12. The molecule has 0 aromatic heterocycles. The van der Waals surface area contributed by atoms with E-state index in [1.807, 2.05) is 24.3 Å². The first-order chi connectivity index (χ1) is 6.01. The summed E-state index contributed by atoms with van der Waals surface area (Å²) in [6, 6.07) is 9.73. The van der Waals surface area contributed by atoms with E-state index in [0.29, 0.717) is 5.56 Å². The third-order valence-corrected chi connectivity index (χ3v) is 2.55. The summed E-state index contributed by atoms with van der Waals surface area (Å²) in [5, 5.41) is 8.69. The second-order valence-electron chi connectivity index (χ2n) is 4.07. The molecule has 1 aromatic carbocycles. The fraction of sp³-hybridized carbons (Fsp3) is 0.300. The van der Waals surface area contributed by atoms with Gasteiger partial charge in [0.1, 0.15) is 8.24 Å². The van der Waals surface area contributed by atoms with Crippen LogP contribution in [0, 0.1) is 11.3 Å². The van der Waals surface area contributed by atoms with E-state index in [4.69, 9.17) is 5.26 Å². The third kappa shape index (κ3) is 3.30. The van der Waals surface area contributed by atoms with Crippen LogP contribution < -0.4 is 4.98 Å². The highest BCUT2D eigenvalue weighted by Crippen LogP contribution is 2.13. The van der Waals surface area contributed by atoms with Crippen molar-refractivity contribution in [2.75, 3.05) is 4.98 Å². The maximum absolute atomic E-state index is 8.69. The van der Waals surface area contributed by atoms with Crippen LogP contribution in [0.5, 0.6) is 0 Å². The number of hydrogen-bond donors (Lipinski definition) is 1. The summed E-state index contributed by atoms with van der Waals surface area (Å²) in [4.78, 5) is 3.44. The zero-order chi connectivity index (χ0) is 9.90. The van der Waals surface area contributed by atoms with Gasteiger partial charge in [-0.2, -0.15) is 5.26 Å². The van der Waals surface area contributed by atoms with Crippen LogP contribution in [0.2, 0.25) is 19.6 Å². The third-order valence-electron chi connectivity index (χ3n) is 1.51. The van der Waals surface area contributed by atoms with E-state index >= 15 is 0 Å². The van der Waals surface area contributed by atoms with E-state index in [1.54, 1.807) is 0 Å². The molecule has 0 radical (unpaired) electrons. The molecule has 13 heavy (non-hydrogen) atoms. The molecule has 0 aliphatic heterocycles. The first kappa shape index (κ1) is 9.81. The molecule has 1 N–H and O–H groups in total. The normalized spacial score (nSPS) is 10.6. The molecule has 0 atom stereocenters. The van der Waals surface area contributed by atoms with Crippen LogP contribution in [0.3, 0.4) is 0 Å². The maximum atomic E-state index is 8.69. The predicted molar refractivity (Wildman–Crippen MR) is 58.1 cm³/mol. The molecule has 0 spiro atoms. The molecule has 0 bridgehead atoms. The maximum Gasteiger partial charge on any atom is 0.144 e. The minimum Gasteiger partial charge on any atom is -0.411 e. The fourth-order valence-electron chi connectivity index (χ4n) is 1.10. The predicted octanol–water partition coefficient (Wildman–Crippen LogP) is 2.81. The molecule has 0 saturated heterocycles.